The summed E-state index contributed by atoms with van der Waals surface area (Å²) in [7, 11) is -2.21. The fourth-order valence-electron chi connectivity index (χ4n) is 5.02. The SMILES string of the molecule is CCc1ccc(CNc2ccc(C(=O)Nc3cccc4cc(C(=O)Nc5cc(C(C)(C)C)cc(NS(C)(=O)=O)c5OC)sc34)cn2)cc1. The molecule has 0 saturated carbocycles. The van der Waals surface area contributed by atoms with Crippen molar-refractivity contribution in [3.05, 3.63) is 106 Å². The Balaban J connectivity index is 1.32. The van der Waals surface area contributed by atoms with Gasteiger partial charge in [-0.05, 0) is 70.3 Å². The van der Waals surface area contributed by atoms with Gasteiger partial charge >= 0.3 is 0 Å². The second kappa shape index (κ2) is 14.0. The van der Waals surface area contributed by atoms with E-state index in [4.69, 9.17) is 4.74 Å². The van der Waals surface area contributed by atoms with Crippen molar-refractivity contribution in [2.75, 3.05) is 34.0 Å². The van der Waals surface area contributed by atoms with Crippen LogP contribution in [0.4, 0.5) is 22.9 Å². The van der Waals surface area contributed by atoms with Crippen LogP contribution in [0, 0.1) is 0 Å². The topological polar surface area (TPSA) is 139 Å². The lowest BCUT2D eigenvalue weighted by Gasteiger charge is -2.23. The highest BCUT2D eigenvalue weighted by molar-refractivity contribution is 7.92. The maximum atomic E-state index is 13.6. The summed E-state index contributed by atoms with van der Waals surface area (Å²) in [6.07, 6.45) is 3.57. The lowest BCUT2D eigenvalue weighted by molar-refractivity contribution is 0.102. The zero-order valence-electron chi connectivity index (χ0n) is 27.7. The van der Waals surface area contributed by atoms with E-state index in [-0.39, 0.29) is 22.8 Å². The lowest BCUT2D eigenvalue weighted by atomic mass is 9.86. The largest absolute Gasteiger partial charge is 0.492 e. The number of amides is 2. The van der Waals surface area contributed by atoms with Crippen molar-refractivity contribution in [2.45, 2.75) is 46.1 Å². The van der Waals surface area contributed by atoms with Crippen LogP contribution in [0.25, 0.3) is 10.1 Å². The number of benzene rings is 3. The van der Waals surface area contributed by atoms with Crippen LogP contribution >= 0.6 is 11.3 Å². The summed E-state index contributed by atoms with van der Waals surface area (Å²) in [5.74, 6) is 0.116. The third-order valence-electron chi connectivity index (χ3n) is 7.65. The second-order valence-corrected chi connectivity index (χ2v) is 15.2. The smallest absolute Gasteiger partial charge is 0.265 e. The zero-order valence-corrected chi connectivity index (χ0v) is 29.4. The predicted molar refractivity (Wildman–Crippen MR) is 195 cm³/mol. The molecule has 10 nitrogen and oxygen atoms in total. The molecule has 0 aliphatic rings. The molecule has 2 aromatic heterocycles. The Bertz CT molecular complexity index is 2070. The lowest BCUT2D eigenvalue weighted by Crippen LogP contribution is -2.18. The van der Waals surface area contributed by atoms with Gasteiger partial charge in [0.15, 0.2) is 5.75 Å². The van der Waals surface area contributed by atoms with Crippen LogP contribution in [-0.4, -0.2) is 38.6 Å². The fraction of sp³-hybridized carbons (Fsp3) is 0.250. The maximum Gasteiger partial charge on any atom is 0.265 e. The fourth-order valence-corrected chi connectivity index (χ4v) is 6.59. The summed E-state index contributed by atoms with van der Waals surface area (Å²) in [6.45, 7) is 8.70. The first-order valence-electron chi connectivity index (χ1n) is 15.4. The van der Waals surface area contributed by atoms with E-state index in [1.165, 1.54) is 30.2 Å². The normalized spacial score (nSPS) is 11.6. The number of hydrogen-bond acceptors (Lipinski definition) is 8. The Kier molecular flexibility index (Phi) is 10.1. The molecule has 5 aromatic rings. The number of anilines is 4. The van der Waals surface area contributed by atoms with Gasteiger partial charge in [-0.2, -0.15) is 0 Å². The molecule has 5 rings (SSSR count). The highest BCUT2D eigenvalue weighted by atomic mass is 32.2. The number of methoxy groups -OCH3 is 1. The molecule has 0 aliphatic carbocycles. The highest BCUT2D eigenvalue weighted by Crippen LogP contribution is 2.40. The summed E-state index contributed by atoms with van der Waals surface area (Å²) in [5, 5.41) is 9.92. The molecule has 3 aromatic carbocycles. The van der Waals surface area contributed by atoms with Gasteiger partial charge in [0.25, 0.3) is 11.8 Å². The summed E-state index contributed by atoms with van der Waals surface area (Å²) in [6, 6.07) is 22.6. The number of sulfonamides is 1. The Morgan fingerprint density at radius 3 is 2.19 bits per heavy atom. The molecule has 48 heavy (non-hydrogen) atoms. The van der Waals surface area contributed by atoms with E-state index in [1.54, 1.807) is 36.4 Å². The van der Waals surface area contributed by atoms with Gasteiger partial charge in [0.2, 0.25) is 10.0 Å². The minimum Gasteiger partial charge on any atom is -0.492 e. The van der Waals surface area contributed by atoms with Gasteiger partial charge in [0, 0.05) is 12.7 Å². The first kappa shape index (κ1) is 34.4. The quantitative estimate of drug-likeness (QED) is 0.112. The Morgan fingerprint density at radius 1 is 0.875 bits per heavy atom. The van der Waals surface area contributed by atoms with Gasteiger partial charge in [-0.3, -0.25) is 14.3 Å². The van der Waals surface area contributed by atoms with Gasteiger partial charge in [-0.15, -0.1) is 11.3 Å². The molecule has 0 radical (unpaired) electrons. The van der Waals surface area contributed by atoms with E-state index in [1.807, 2.05) is 32.9 Å². The van der Waals surface area contributed by atoms with Crippen molar-refractivity contribution in [3.63, 3.8) is 0 Å². The number of carbonyl (C=O) groups excluding carboxylic acids is 2. The maximum absolute atomic E-state index is 13.6. The van der Waals surface area contributed by atoms with Crippen LogP contribution < -0.4 is 25.4 Å². The van der Waals surface area contributed by atoms with Crippen molar-refractivity contribution in [1.29, 1.82) is 0 Å². The Morgan fingerprint density at radius 2 is 1.56 bits per heavy atom. The van der Waals surface area contributed by atoms with E-state index < -0.39 is 15.9 Å². The van der Waals surface area contributed by atoms with E-state index >= 15 is 0 Å². The van der Waals surface area contributed by atoms with Gasteiger partial charge in [-0.25, -0.2) is 13.4 Å². The molecule has 2 heterocycles. The molecule has 12 heteroatoms. The molecular weight excluding hydrogens is 647 g/mol. The number of aromatic nitrogens is 1. The van der Waals surface area contributed by atoms with Crippen molar-refractivity contribution in [2.24, 2.45) is 0 Å². The summed E-state index contributed by atoms with van der Waals surface area (Å²) < 4.78 is 33.0. The van der Waals surface area contributed by atoms with Gasteiger partial charge in [0.1, 0.15) is 5.82 Å². The number of carbonyl (C=O) groups is 2. The van der Waals surface area contributed by atoms with Crippen LogP contribution in [0.2, 0.25) is 0 Å². The first-order valence-corrected chi connectivity index (χ1v) is 18.1. The number of aryl methyl sites for hydroxylation is 1. The van der Waals surface area contributed by atoms with Gasteiger partial charge < -0.3 is 20.7 Å². The average Bonchev–Trinajstić information content (AvgIpc) is 3.49. The molecule has 0 aliphatic heterocycles. The van der Waals surface area contributed by atoms with Crippen molar-refractivity contribution >= 4 is 66.1 Å². The predicted octanol–water partition coefficient (Wildman–Crippen LogP) is 7.65. The summed E-state index contributed by atoms with van der Waals surface area (Å²) in [4.78, 5) is 31.6. The number of pyridine rings is 1. The number of thiophene rings is 1. The Hall–Kier alpha value is -4.94. The van der Waals surface area contributed by atoms with Gasteiger partial charge in [-0.1, -0.05) is 64.1 Å². The molecule has 2 amide bonds. The van der Waals surface area contributed by atoms with E-state index in [0.717, 1.165) is 33.9 Å². The molecule has 0 fully saturated rings. The molecule has 0 bridgehead atoms. The minimum atomic E-state index is -3.62. The summed E-state index contributed by atoms with van der Waals surface area (Å²) >= 11 is 1.23. The molecular formula is C36H39N5O5S2. The van der Waals surface area contributed by atoms with Gasteiger partial charge in [0.05, 0.1) is 45.6 Å². The number of rotatable bonds is 11. The van der Waals surface area contributed by atoms with Crippen LogP contribution in [-0.2, 0) is 28.4 Å². The standard InChI is InChI=1S/C36H39N5O5S2/c1-7-22-11-13-23(14-12-22)20-37-31-16-15-25(21-38-31)34(42)39-27-10-8-9-24-17-30(47-33(24)27)35(43)40-28-18-26(36(2,3)4)19-29(32(28)46-5)41-48(6,44)45/h8-19,21,41H,7,20H2,1-6H3,(H,37,38)(H,39,42)(H,40,43). The van der Waals surface area contributed by atoms with E-state index in [0.29, 0.717) is 34.2 Å². The number of fused-ring (bicyclic) bond motifs is 1. The molecule has 0 atom stereocenters. The molecule has 4 N–H and O–H groups in total. The molecule has 0 spiro atoms. The monoisotopic (exact) mass is 685 g/mol. The Labute approximate surface area is 285 Å². The van der Waals surface area contributed by atoms with E-state index in [9.17, 15) is 18.0 Å². The number of nitrogens with one attached hydrogen (secondary N) is 4. The second-order valence-electron chi connectivity index (χ2n) is 12.4. The molecule has 0 saturated heterocycles. The third-order valence-corrected chi connectivity index (χ3v) is 9.42. The number of ether oxygens (including phenoxy) is 1. The highest BCUT2D eigenvalue weighted by Gasteiger charge is 2.23. The van der Waals surface area contributed by atoms with Crippen molar-refractivity contribution in [3.8, 4) is 5.75 Å². The number of hydrogen-bond donors (Lipinski definition) is 4. The van der Waals surface area contributed by atoms with Crippen molar-refractivity contribution in [1.82, 2.24) is 4.98 Å². The molecule has 0 unspecified atom stereocenters. The average molecular weight is 686 g/mol. The molecule has 250 valence electrons. The van der Waals surface area contributed by atoms with Crippen LogP contribution in [0.15, 0.2) is 79.0 Å². The van der Waals surface area contributed by atoms with Crippen LogP contribution in [0.5, 0.6) is 5.75 Å². The first-order chi connectivity index (χ1) is 22.7. The zero-order chi connectivity index (χ0) is 34.6. The van der Waals surface area contributed by atoms with Crippen LogP contribution in [0.3, 0.4) is 0 Å². The van der Waals surface area contributed by atoms with Crippen LogP contribution in [0.1, 0.15) is 64.4 Å². The summed E-state index contributed by atoms with van der Waals surface area (Å²) in [5.41, 5.74) is 4.38. The van der Waals surface area contributed by atoms with E-state index in [2.05, 4.69) is 56.8 Å². The third kappa shape index (κ3) is 8.31. The van der Waals surface area contributed by atoms with Crippen molar-refractivity contribution < 1.29 is 22.7 Å². The number of nitrogens with zero attached hydrogens (tertiary/aromatic N) is 1. The minimum absolute atomic E-state index is 0.191.